The van der Waals surface area contributed by atoms with Crippen LogP contribution in [-0.2, 0) is 6.18 Å². The average molecular weight is 300 g/mol. The molecule has 1 aliphatic carbocycles. The number of nitrogens with one attached hydrogen (secondary N) is 2. The largest absolute Gasteiger partial charge is 0.417 e. The third-order valence-electron chi connectivity index (χ3n) is 3.95. The van der Waals surface area contributed by atoms with Gasteiger partial charge in [-0.2, -0.15) is 13.2 Å². The molecule has 3 nitrogen and oxygen atoms in total. The van der Waals surface area contributed by atoms with E-state index in [1.165, 1.54) is 18.2 Å². The monoisotopic (exact) mass is 300 g/mol. The van der Waals surface area contributed by atoms with Gasteiger partial charge >= 0.3 is 6.18 Å². The zero-order chi connectivity index (χ0) is 15.5. The number of amides is 1. The van der Waals surface area contributed by atoms with Crippen LogP contribution in [0.15, 0.2) is 24.3 Å². The summed E-state index contributed by atoms with van der Waals surface area (Å²) in [4.78, 5) is 12.1. The van der Waals surface area contributed by atoms with Gasteiger partial charge in [0.05, 0.1) is 11.1 Å². The van der Waals surface area contributed by atoms with Crippen molar-refractivity contribution in [2.24, 2.45) is 0 Å². The molecular weight excluding hydrogens is 281 g/mol. The fourth-order valence-electron chi connectivity index (χ4n) is 2.72. The van der Waals surface area contributed by atoms with E-state index in [0.29, 0.717) is 6.04 Å². The lowest BCUT2D eigenvalue weighted by atomic mass is 9.91. The van der Waals surface area contributed by atoms with Gasteiger partial charge in [-0.05, 0) is 44.9 Å². The molecule has 1 fully saturated rings. The highest BCUT2D eigenvalue weighted by atomic mass is 19.4. The Hall–Kier alpha value is -1.56. The van der Waals surface area contributed by atoms with Gasteiger partial charge in [0.1, 0.15) is 0 Å². The van der Waals surface area contributed by atoms with Crippen LogP contribution in [0.1, 0.15) is 41.6 Å². The Bertz CT molecular complexity index is 494. The van der Waals surface area contributed by atoms with Crippen LogP contribution in [0.4, 0.5) is 13.2 Å². The Kier molecular flexibility index (Phi) is 4.88. The quantitative estimate of drug-likeness (QED) is 0.901. The minimum absolute atomic E-state index is 0.0524. The summed E-state index contributed by atoms with van der Waals surface area (Å²) in [7, 11) is 1.89. The van der Waals surface area contributed by atoms with Gasteiger partial charge in [-0.25, -0.2) is 0 Å². The van der Waals surface area contributed by atoms with Crippen molar-refractivity contribution in [1.29, 1.82) is 0 Å². The first-order valence-corrected chi connectivity index (χ1v) is 7.06. The Labute approximate surface area is 121 Å². The maximum Gasteiger partial charge on any atom is 0.417 e. The minimum atomic E-state index is -4.52. The first-order chi connectivity index (χ1) is 9.91. The normalized spacial score (nSPS) is 22.9. The summed E-state index contributed by atoms with van der Waals surface area (Å²) < 4.78 is 38.7. The second kappa shape index (κ2) is 6.47. The van der Waals surface area contributed by atoms with E-state index in [2.05, 4.69) is 10.6 Å². The van der Waals surface area contributed by atoms with Crippen LogP contribution >= 0.6 is 0 Å². The first kappa shape index (κ1) is 15.8. The molecule has 0 heterocycles. The molecule has 0 saturated heterocycles. The molecule has 0 spiro atoms. The van der Waals surface area contributed by atoms with Gasteiger partial charge in [0.2, 0.25) is 0 Å². The van der Waals surface area contributed by atoms with Gasteiger partial charge in [0, 0.05) is 12.1 Å². The summed E-state index contributed by atoms with van der Waals surface area (Å²) in [6.07, 6.45) is -1.11. The number of halogens is 3. The Morgan fingerprint density at radius 2 is 1.67 bits per heavy atom. The number of rotatable bonds is 3. The predicted octanol–water partition coefficient (Wildman–Crippen LogP) is 2.97. The number of hydrogen-bond acceptors (Lipinski definition) is 2. The molecule has 6 heteroatoms. The van der Waals surface area contributed by atoms with Crippen molar-refractivity contribution in [1.82, 2.24) is 10.6 Å². The summed E-state index contributed by atoms with van der Waals surface area (Å²) in [5, 5.41) is 5.90. The molecule has 21 heavy (non-hydrogen) atoms. The second-order valence-corrected chi connectivity index (χ2v) is 5.35. The van der Waals surface area contributed by atoms with Crippen molar-refractivity contribution in [3.8, 4) is 0 Å². The van der Waals surface area contributed by atoms with Crippen molar-refractivity contribution in [2.45, 2.75) is 43.9 Å². The predicted molar refractivity (Wildman–Crippen MR) is 74.0 cm³/mol. The first-order valence-electron chi connectivity index (χ1n) is 7.06. The molecule has 0 aliphatic heterocycles. The van der Waals surface area contributed by atoms with Crippen LogP contribution in [0, 0.1) is 0 Å². The summed E-state index contributed by atoms with van der Waals surface area (Å²) >= 11 is 0. The summed E-state index contributed by atoms with van der Waals surface area (Å²) in [5.41, 5.74) is -1.19. The average Bonchev–Trinajstić information content (AvgIpc) is 2.47. The van der Waals surface area contributed by atoms with Gasteiger partial charge in [-0.3, -0.25) is 4.79 Å². The summed E-state index contributed by atoms with van der Waals surface area (Å²) in [6, 6.07) is 5.27. The van der Waals surface area contributed by atoms with Crippen LogP contribution in [-0.4, -0.2) is 25.0 Å². The highest BCUT2D eigenvalue weighted by Crippen LogP contribution is 2.32. The molecule has 1 amide bonds. The fourth-order valence-corrected chi connectivity index (χ4v) is 2.72. The van der Waals surface area contributed by atoms with E-state index in [9.17, 15) is 18.0 Å². The molecule has 0 atom stereocenters. The Morgan fingerprint density at radius 3 is 2.24 bits per heavy atom. The molecule has 1 aromatic carbocycles. The number of alkyl halides is 3. The van der Waals surface area contributed by atoms with Crippen LogP contribution < -0.4 is 10.6 Å². The van der Waals surface area contributed by atoms with Crippen LogP contribution in [0.2, 0.25) is 0 Å². The lowest BCUT2D eigenvalue weighted by Crippen LogP contribution is -2.41. The van der Waals surface area contributed by atoms with Crippen molar-refractivity contribution in [2.75, 3.05) is 7.05 Å². The molecular formula is C15H19F3N2O. The van der Waals surface area contributed by atoms with E-state index in [1.807, 2.05) is 7.05 Å². The van der Waals surface area contributed by atoms with Crippen LogP contribution in [0.25, 0.3) is 0 Å². The van der Waals surface area contributed by atoms with E-state index in [1.54, 1.807) is 0 Å². The summed E-state index contributed by atoms with van der Waals surface area (Å²) in [6.45, 7) is 0. The molecule has 2 rings (SSSR count). The molecule has 1 saturated carbocycles. The summed E-state index contributed by atoms with van der Waals surface area (Å²) in [5.74, 6) is -0.643. The van der Waals surface area contributed by atoms with E-state index >= 15 is 0 Å². The number of hydrogen-bond donors (Lipinski definition) is 2. The molecule has 0 radical (unpaired) electrons. The topological polar surface area (TPSA) is 41.1 Å². The standard InChI is InChI=1S/C15H19F3N2O/c1-19-10-6-8-11(9-7-10)20-14(21)12-4-2-3-5-13(12)15(16,17)18/h2-5,10-11,19H,6-9H2,1H3,(H,20,21). The van der Waals surface area contributed by atoms with E-state index < -0.39 is 17.6 Å². The zero-order valence-corrected chi connectivity index (χ0v) is 11.8. The fraction of sp³-hybridized carbons (Fsp3) is 0.533. The molecule has 1 aliphatic rings. The van der Waals surface area contributed by atoms with Gasteiger partial charge < -0.3 is 10.6 Å². The molecule has 1 aromatic rings. The smallest absolute Gasteiger partial charge is 0.349 e. The van der Waals surface area contributed by atoms with Gasteiger partial charge in [0.15, 0.2) is 0 Å². The van der Waals surface area contributed by atoms with Crippen molar-refractivity contribution in [3.63, 3.8) is 0 Å². The van der Waals surface area contributed by atoms with E-state index in [-0.39, 0.29) is 11.6 Å². The Morgan fingerprint density at radius 1 is 1.10 bits per heavy atom. The Balaban J connectivity index is 2.05. The van der Waals surface area contributed by atoms with Gasteiger partial charge in [-0.1, -0.05) is 12.1 Å². The van der Waals surface area contributed by atoms with E-state index in [4.69, 9.17) is 0 Å². The minimum Gasteiger partial charge on any atom is -0.349 e. The lowest BCUT2D eigenvalue weighted by Gasteiger charge is -2.29. The zero-order valence-electron chi connectivity index (χ0n) is 11.8. The highest BCUT2D eigenvalue weighted by molar-refractivity contribution is 5.96. The maximum atomic E-state index is 12.9. The molecule has 0 bridgehead atoms. The SMILES string of the molecule is CNC1CCC(NC(=O)c2ccccc2C(F)(F)F)CC1. The van der Waals surface area contributed by atoms with E-state index in [0.717, 1.165) is 31.7 Å². The maximum absolute atomic E-state index is 12.9. The number of benzene rings is 1. The number of carbonyl (C=O) groups excluding carboxylic acids is 1. The van der Waals surface area contributed by atoms with Crippen molar-refractivity contribution >= 4 is 5.91 Å². The van der Waals surface area contributed by atoms with Crippen LogP contribution in [0.5, 0.6) is 0 Å². The number of carbonyl (C=O) groups is 1. The van der Waals surface area contributed by atoms with Crippen molar-refractivity contribution in [3.05, 3.63) is 35.4 Å². The molecule has 0 aromatic heterocycles. The van der Waals surface area contributed by atoms with Gasteiger partial charge in [0.25, 0.3) is 5.91 Å². The molecule has 0 unspecified atom stereocenters. The highest BCUT2D eigenvalue weighted by Gasteiger charge is 2.35. The molecule has 2 N–H and O–H groups in total. The third kappa shape index (κ3) is 3.97. The van der Waals surface area contributed by atoms with Crippen LogP contribution in [0.3, 0.4) is 0 Å². The van der Waals surface area contributed by atoms with Crippen molar-refractivity contribution < 1.29 is 18.0 Å². The lowest BCUT2D eigenvalue weighted by molar-refractivity contribution is -0.137. The third-order valence-corrected chi connectivity index (χ3v) is 3.95. The molecule has 116 valence electrons. The van der Waals surface area contributed by atoms with Gasteiger partial charge in [-0.15, -0.1) is 0 Å². The second-order valence-electron chi connectivity index (χ2n) is 5.35.